The fourth-order valence-electron chi connectivity index (χ4n) is 4.55. The first-order valence-electron chi connectivity index (χ1n) is 10.8. The maximum Gasteiger partial charge on any atom is 0.271 e. The van der Waals surface area contributed by atoms with E-state index in [2.05, 4.69) is 57.2 Å². The van der Waals surface area contributed by atoms with E-state index in [1.807, 2.05) is 60.5 Å². The Labute approximate surface area is 197 Å². The summed E-state index contributed by atoms with van der Waals surface area (Å²) in [5.41, 5.74) is 5.92. The number of halogens is 1. The topological polar surface area (TPSA) is 35.9 Å². The van der Waals surface area contributed by atoms with Crippen LogP contribution in [0.2, 0.25) is 0 Å². The summed E-state index contributed by atoms with van der Waals surface area (Å²) in [6, 6.07) is 28.5. The predicted octanol–water partition coefficient (Wildman–Crippen LogP) is 5.22. The molecule has 4 nitrogen and oxygen atoms in total. The summed E-state index contributed by atoms with van der Waals surface area (Å²) >= 11 is 3.55. The number of rotatable bonds is 4. The van der Waals surface area contributed by atoms with E-state index in [-0.39, 0.29) is 11.9 Å². The molecule has 0 bridgehead atoms. The second-order valence-corrected chi connectivity index (χ2v) is 9.07. The average Bonchev–Trinajstić information content (AvgIpc) is 2.98. The number of hydrogen-bond acceptors (Lipinski definition) is 3. The standard InChI is InChI=1S/C27H24BrN3O/c1-30-17-16-29-24(20-10-6-3-7-11-20)23-25(21-12-14-22(28)15-13-21)31(27(32)26(23)30)18-19-8-4-2-5-9-19/h2-15,25H,16-18H2,1H3. The third-order valence-corrected chi connectivity index (χ3v) is 6.60. The number of nitrogens with zero attached hydrogens (tertiary/aromatic N) is 3. The SMILES string of the molecule is CN1CCN=C(c2ccccc2)C2=C1C(=O)N(Cc1ccccc1)C2c1ccc(Br)cc1. The Kier molecular flexibility index (Phi) is 5.66. The molecule has 0 N–H and O–H groups in total. The highest BCUT2D eigenvalue weighted by molar-refractivity contribution is 9.10. The lowest BCUT2D eigenvalue weighted by molar-refractivity contribution is -0.129. The fraction of sp³-hybridized carbons (Fsp3) is 0.185. The first-order chi connectivity index (χ1) is 15.6. The quantitative estimate of drug-likeness (QED) is 0.507. The number of amides is 1. The Morgan fingerprint density at radius 2 is 1.59 bits per heavy atom. The summed E-state index contributed by atoms with van der Waals surface area (Å²) in [6.45, 7) is 1.92. The van der Waals surface area contributed by atoms with Gasteiger partial charge < -0.3 is 9.80 Å². The molecule has 1 amide bonds. The molecular weight excluding hydrogens is 462 g/mol. The normalized spacial score (nSPS) is 18.5. The van der Waals surface area contributed by atoms with Crippen molar-refractivity contribution in [3.8, 4) is 0 Å². The van der Waals surface area contributed by atoms with Crippen molar-refractivity contribution < 1.29 is 4.79 Å². The van der Waals surface area contributed by atoms with Crippen LogP contribution < -0.4 is 0 Å². The van der Waals surface area contributed by atoms with E-state index in [0.29, 0.717) is 19.6 Å². The highest BCUT2D eigenvalue weighted by Gasteiger charge is 2.44. The van der Waals surface area contributed by atoms with Crippen LogP contribution in [0.15, 0.2) is 106 Å². The molecular formula is C27H24BrN3O. The van der Waals surface area contributed by atoms with Crippen molar-refractivity contribution in [3.63, 3.8) is 0 Å². The highest BCUT2D eigenvalue weighted by atomic mass is 79.9. The zero-order chi connectivity index (χ0) is 22.1. The third kappa shape index (κ3) is 3.78. The van der Waals surface area contributed by atoms with Crippen molar-refractivity contribution in [2.24, 2.45) is 4.99 Å². The second kappa shape index (κ2) is 8.75. The summed E-state index contributed by atoms with van der Waals surface area (Å²) < 4.78 is 1.02. The molecule has 160 valence electrons. The van der Waals surface area contributed by atoms with Crippen LogP contribution in [0.1, 0.15) is 22.7 Å². The largest absolute Gasteiger partial charge is 0.368 e. The molecule has 2 heterocycles. The lowest BCUT2D eigenvalue weighted by Crippen LogP contribution is -2.34. The van der Waals surface area contributed by atoms with Crippen molar-refractivity contribution in [1.29, 1.82) is 0 Å². The number of carbonyl (C=O) groups is 1. The molecule has 0 aliphatic carbocycles. The molecule has 2 aliphatic rings. The van der Waals surface area contributed by atoms with Gasteiger partial charge in [-0.25, -0.2) is 0 Å². The van der Waals surface area contributed by atoms with Crippen LogP contribution >= 0.6 is 15.9 Å². The molecule has 0 spiro atoms. The fourth-order valence-corrected chi connectivity index (χ4v) is 4.82. The van der Waals surface area contributed by atoms with Gasteiger partial charge in [0.05, 0.1) is 18.3 Å². The molecule has 2 aliphatic heterocycles. The summed E-state index contributed by atoms with van der Waals surface area (Å²) in [7, 11) is 2.00. The van der Waals surface area contributed by atoms with E-state index in [4.69, 9.17) is 4.99 Å². The molecule has 1 atom stereocenters. The number of carbonyl (C=O) groups excluding carboxylic acids is 1. The van der Waals surface area contributed by atoms with Crippen LogP contribution in [-0.2, 0) is 11.3 Å². The molecule has 0 aromatic heterocycles. The molecule has 5 heteroatoms. The minimum Gasteiger partial charge on any atom is -0.368 e. The first-order valence-corrected chi connectivity index (χ1v) is 11.6. The van der Waals surface area contributed by atoms with Crippen molar-refractivity contribution >= 4 is 27.5 Å². The van der Waals surface area contributed by atoms with Gasteiger partial charge in [-0.3, -0.25) is 9.79 Å². The maximum absolute atomic E-state index is 13.9. The van der Waals surface area contributed by atoms with Gasteiger partial charge in [0, 0.05) is 35.7 Å². The van der Waals surface area contributed by atoms with Gasteiger partial charge in [-0.05, 0) is 23.3 Å². The van der Waals surface area contributed by atoms with Gasteiger partial charge in [-0.15, -0.1) is 0 Å². The predicted molar refractivity (Wildman–Crippen MR) is 131 cm³/mol. The molecule has 5 rings (SSSR count). The first kappa shape index (κ1) is 20.7. The van der Waals surface area contributed by atoms with Crippen LogP contribution in [0.3, 0.4) is 0 Å². The van der Waals surface area contributed by atoms with Gasteiger partial charge in [0.2, 0.25) is 0 Å². The zero-order valence-electron chi connectivity index (χ0n) is 17.9. The average molecular weight is 486 g/mol. The van der Waals surface area contributed by atoms with Crippen LogP contribution in [-0.4, -0.2) is 41.6 Å². The number of benzene rings is 3. The highest BCUT2D eigenvalue weighted by Crippen LogP contribution is 2.42. The Balaban J connectivity index is 1.69. The number of aliphatic imine (C=N–C) groups is 1. The van der Waals surface area contributed by atoms with Gasteiger partial charge in [-0.1, -0.05) is 88.7 Å². The minimum absolute atomic E-state index is 0.0600. The van der Waals surface area contributed by atoms with E-state index in [1.54, 1.807) is 0 Å². The Hall–Kier alpha value is -3.18. The number of hydrogen-bond donors (Lipinski definition) is 0. The van der Waals surface area contributed by atoms with Gasteiger partial charge >= 0.3 is 0 Å². The molecule has 1 unspecified atom stereocenters. The van der Waals surface area contributed by atoms with Crippen molar-refractivity contribution in [3.05, 3.63) is 117 Å². The third-order valence-electron chi connectivity index (χ3n) is 6.07. The maximum atomic E-state index is 13.9. The molecule has 3 aromatic rings. The Morgan fingerprint density at radius 1 is 0.938 bits per heavy atom. The molecule has 32 heavy (non-hydrogen) atoms. The van der Waals surface area contributed by atoms with E-state index >= 15 is 0 Å². The monoisotopic (exact) mass is 485 g/mol. The van der Waals surface area contributed by atoms with Crippen molar-refractivity contribution in [2.75, 3.05) is 20.1 Å². The molecule has 0 fully saturated rings. The van der Waals surface area contributed by atoms with Gasteiger partial charge in [-0.2, -0.15) is 0 Å². The molecule has 3 aromatic carbocycles. The van der Waals surface area contributed by atoms with E-state index in [9.17, 15) is 4.79 Å². The Bertz CT molecular complexity index is 1190. The minimum atomic E-state index is -0.203. The zero-order valence-corrected chi connectivity index (χ0v) is 19.5. The molecule has 0 radical (unpaired) electrons. The summed E-state index contributed by atoms with van der Waals surface area (Å²) in [5.74, 6) is 0.0600. The van der Waals surface area contributed by atoms with E-state index < -0.39 is 0 Å². The lowest BCUT2D eigenvalue weighted by atomic mass is 9.91. The summed E-state index contributed by atoms with van der Waals surface area (Å²) in [4.78, 5) is 22.9. The van der Waals surface area contributed by atoms with Crippen LogP contribution in [0.5, 0.6) is 0 Å². The van der Waals surface area contributed by atoms with Gasteiger partial charge in [0.15, 0.2) is 0 Å². The van der Waals surface area contributed by atoms with Crippen LogP contribution in [0.4, 0.5) is 0 Å². The van der Waals surface area contributed by atoms with Crippen molar-refractivity contribution in [2.45, 2.75) is 12.6 Å². The van der Waals surface area contributed by atoms with Gasteiger partial charge in [0.1, 0.15) is 5.70 Å². The Morgan fingerprint density at radius 3 is 2.28 bits per heavy atom. The lowest BCUT2D eigenvalue weighted by Gasteiger charge is -2.28. The molecule has 0 saturated carbocycles. The number of likely N-dealkylation sites (N-methyl/N-ethyl adjacent to an activating group) is 1. The summed E-state index contributed by atoms with van der Waals surface area (Å²) in [6.07, 6.45) is 0. The molecule has 0 saturated heterocycles. The summed E-state index contributed by atoms with van der Waals surface area (Å²) in [5, 5.41) is 0. The second-order valence-electron chi connectivity index (χ2n) is 8.15. The van der Waals surface area contributed by atoms with E-state index in [0.717, 1.165) is 38.1 Å². The van der Waals surface area contributed by atoms with Crippen LogP contribution in [0, 0.1) is 0 Å². The van der Waals surface area contributed by atoms with E-state index in [1.165, 1.54) is 0 Å². The van der Waals surface area contributed by atoms with Crippen LogP contribution in [0.25, 0.3) is 0 Å². The smallest absolute Gasteiger partial charge is 0.271 e. The van der Waals surface area contributed by atoms with Gasteiger partial charge in [0.25, 0.3) is 5.91 Å². The van der Waals surface area contributed by atoms with Crippen molar-refractivity contribution in [1.82, 2.24) is 9.80 Å².